The number of carbonyl (C=O) groups is 1. The number of aromatic nitrogens is 2. The van der Waals surface area contributed by atoms with E-state index in [0.717, 1.165) is 31.5 Å². The largest absolute Gasteiger partial charge is 0.337 e. The van der Waals surface area contributed by atoms with Crippen molar-refractivity contribution in [2.75, 3.05) is 18.4 Å². The van der Waals surface area contributed by atoms with Crippen molar-refractivity contribution in [3.05, 3.63) is 66.3 Å². The first-order chi connectivity index (χ1) is 13.7. The molecule has 28 heavy (non-hydrogen) atoms. The molecule has 1 aliphatic heterocycles. The number of nitrogens with zero attached hydrogens (tertiary/aromatic N) is 3. The highest BCUT2D eigenvalue weighted by Gasteiger charge is 2.30. The van der Waals surface area contributed by atoms with E-state index >= 15 is 0 Å². The maximum Gasteiger partial charge on any atom is 0.244 e. The number of piperidine rings is 1. The summed E-state index contributed by atoms with van der Waals surface area (Å²) < 4.78 is 18.9. The van der Waals surface area contributed by atoms with Crippen LogP contribution in [-0.2, 0) is 4.79 Å². The predicted molar refractivity (Wildman–Crippen MR) is 103 cm³/mol. The van der Waals surface area contributed by atoms with Gasteiger partial charge in [0.2, 0.25) is 17.6 Å². The second-order valence-electron chi connectivity index (χ2n) is 6.86. The first-order valence-electron chi connectivity index (χ1n) is 9.37. The quantitative estimate of drug-likeness (QED) is 0.723. The number of para-hydroxylation sites is 1. The number of benzene rings is 2. The van der Waals surface area contributed by atoms with Crippen LogP contribution in [0.25, 0.3) is 11.4 Å². The van der Waals surface area contributed by atoms with Gasteiger partial charge in [-0.25, -0.2) is 4.39 Å². The number of anilines is 1. The lowest BCUT2D eigenvalue weighted by atomic mass is 10.0. The van der Waals surface area contributed by atoms with Gasteiger partial charge in [-0.05, 0) is 43.7 Å². The minimum Gasteiger partial charge on any atom is -0.337 e. The Kier molecular flexibility index (Phi) is 5.43. The molecule has 1 aliphatic rings. The number of likely N-dealkylation sites (tertiary alicyclic amines) is 1. The molecule has 1 amide bonds. The average Bonchev–Trinajstić information content (AvgIpc) is 3.19. The molecule has 0 saturated carbocycles. The van der Waals surface area contributed by atoms with E-state index in [1.807, 2.05) is 30.3 Å². The van der Waals surface area contributed by atoms with Gasteiger partial charge in [-0.15, -0.1) is 0 Å². The smallest absolute Gasteiger partial charge is 0.244 e. The summed E-state index contributed by atoms with van der Waals surface area (Å²) in [6.45, 7) is 1.03. The lowest BCUT2D eigenvalue weighted by Gasteiger charge is -2.32. The predicted octanol–water partition coefficient (Wildman–Crippen LogP) is 4.04. The monoisotopic (exact) mass is 380 g/mol. The summed E-state index contributed by atoms with van der Waals surface area (Å²) in [5.74, 6) is 0.393. The molecule has 7 heteroatoms. The standard InChI is InChI=1S/C21H21FN4O2/c22-16-8-6-7-15(13-16)20-24-21(28-25-20)18-11-4-5-12-26(18)14-19(27)23-17-9-2-1-3-10-17/h1-3,6-10,13,18H,4-5,11-12,14H2,(H,23,27). The third-order valence-electron chi connectivity index (χ3n) is 4.83. The highest BCUT2D eigenvalue weighted by atomic mass is 19.1. The molecular weight excluding hydrogens is 359 g/mol. The van der Waals surface area contributed by atoms with Gasteiger partial charge in [-0.2, -0.15) is 4.98 Å². The van der Waals surface area contributed by atoms with E-state index in [1.165, 1.54) is 12.1 Å². The van der Waals surface area contributed by atoms with Crippen molar-refractivity contribution in [1.29, 1.82) is 0 Å². The summed E-state index contributed by atoms with van der Waals surface area (Å²) in [5.41, 5.74) is 1.34. The zero-order valence-electron chi connectivity index (χ0n) is 15.3. The molecule has 2 aromatic carbocycles. The maximum absolute atomic E-state index is 13.5. The van der Waals surface area contributed by atoms with E-state index in [2.05, 4.69) is 20.4 Å². The molecule has 4 rings (SSSR count). The van der Waals surface area contributed by atoms with E-state index in [4.69, 9.17) is 4.52 Å². The molecule has 0 bridgehead atoms. The normalized spacial score (nSPS) is 17.4. The third kappa shape index (κ3) is 4.26. The van der Waals surface area contributed by atoms with Crippen LogP contribution in [0.15, 0.2) is 59.1 Å². The lowest BCUT2D eigenvalue weighted by molar-refractivity contribution is -0.118. The molecule has 0 aliphatic carbocycles. The number of nitrogens with one attached hydrogen (secondary N) is 1. The van der Waals surface area contributed by atoms with Crippen LogP contribution >= 0.6 is 0 Å². The van der Waals surface area contributed by atoms with Gasteiger partial charge >= 0.3 is 0 Å². The Balaban J connectivity index is 1.47. The van der Waals surface area contributed by atoms with Crippen LogP contribution in [-0.4, -0.2) is 34.0 Å². The van der Waals surface area contributed by atoms with Crippen LogP contribution < -0.4 is 5.32 Å². The Morgan fingerprint density at radius 3 is 2.86 bits per heavy atom. The second-order valence-corrected chi connectivity index (χ2v) is 6.86. The van der Waals surface area contributed by atoms with Crippen LogP contribution in [0.5, 0.6) is 0 Å². The van der Waals surface area contributed by atoms with Crippen LogP contribution in [0, 0.1) is 5.82 Å². The van der Waals surface area contributed by atoms with Crippen molar-refractivity contribution in [3.63, 3.8) is 0 Å². The molecule has 6 nitrogen and oxygen atoms in total. The van der Waals surface area contributed by atoms with E-state index in [-0.39, 0.29) is 24.3 Å². The number of amides is 1. The molecule has 2 heterocycles. The summed E-state index contributed by atoms with van der Waals surface area (Å²) in [6.07, 6.45) is 2.88. The zero-order chi connectivity index (χ0) is 19.3. The summed E-state index contributed by atoms with van der Waals surface area (Å²) in [4.78, 5) is 19.0. The molecule has 1 unspecified atom stereocenters. The van der Waals surface area contributed by atoms with E-state index < -0.39 is 0 Å². The Bertz CT molecular complexity index is 944. The second kappa shape index (κ2) is 8.31. The first-order valence-corrected chi connectivity index (χ1v) is 9.37. The van der Waals surface area contributed by atoms with Crippen molar-refractivity contribution in [2.45, 2.75) is 25.3 Å². The molecule has 3 aromatic rings. The van der Waals surface area contributed by atoms with Gasteiger partial charge in [0, 0.05) is 11.3 Å². The molecule has 1 saturated heterocycles. The molecule has 1 atom stereocenters. The van der Waals surface area contributed by atoms with Crippen LogP contribution in [0.3, 0.4) is 0 Å². The fourth-order valence-corrected chi connectivity index (χ4v) is 3.48. The van der Waals surface area contributed by atoms with Crippen molar-refractivity contribution in [1.82, 2.24) is 15.0 Å². The molecular formula is C21H21FN4O2. The fourth-order valence-electron chi connectivity index (χ4n) is 3.48. The van der Waals surface area contributed by atoms with Crippen molar-refractivity contribution in [3.8, 4) is 11.4 Å². The maximum atomic E-state index is 13.5. The number of hydrogen-bond donors (Lipinski definition) is 1. The number of hydrogen-bond acceptors (Lipinski definition) is 5. The van der Waals surface area contributed by atoms with Gasteiger partial charge in [0.15, 0.2) is 0 Å². The number of halogens is 1. The van der Waals surface area contributed by atoms with E-state index in [1.54, 1.807) is 12.1 Å². The Labute approximate surface area is 162 Å². The molecule has 0 radical (unpaired) electrons. The Morgan fingerprint density at radius 2 is 2.04 bits per heavy atom. The summed E-state index contributed by atoms with van der Waals surface area (Å²) in [7, 11) is 0. The molecule has 1 aromatic heterocycles. The topological polar surface area (TPSA) is 71.3 Å². The van der Waals surface area contributed by atoms with Crippen LogP contribution in [0.2, 0.25) is 0 Å². The summed E-state index contributed by atoms with van der Waals surface area (Å²) in [5, 5.41) is 6.91. The first kappa shape index (κ1) is 18.3. The Morgan fingerprint density at radius 1 is 1.18 bits per heavy atom. The number of carbonyl (C=O) groups excluding carboxylic acids is 1. The van der Waals surface area contributed by atoms with Gasteiger partial charge in [0.05, 0.1) is 12.6 Å². The van der Waals surface area contributed by atoms with Crippen LogP contribution in [0.4, 0.5) is 10.1 Å². The van der Waals surface area contributed by atoms with Gasteiger partial charge < -0.3 is 9.84 Å². The molecule has 1 fully saturated rings. The molecule has 1 N–H and O–H groups in total. The van der Waals surface area contributed by atoms with Crippen molar-refractivity contribution >= 4 is 11.6 Å². The average molecular weight is 380 g/mol. The van der Waals surface area contributed by atoms with Gasteiger partial charge in [0.25, 0.3) is 0 Å². The zero-order valence-corrected chi connectivity index (χ0v) is 15.3. The SMILES string of the molecule is O=C(CN1CCCCC1c1nc(-c2cccc(F)c2)no1)Nc1ccccc1. The summed E-state index contributed by atoms with van der Waals surface area (Å²) in [6, 6.07) is 15.4. The van der Waals surface area contributed by atoms with E-state index in [9.17, 15) is 9.18 Å². The minimum atomic E-state index is -0.347. The van der Waals surface area contributed by atoms with E-state index in [0.29, 0.717) is 17.3 Å². The van der Waals surface area contributed by atoms with Crippen molar-refractivity contribution in [2.24, 2.45) is 0 Å². The highest BCUT2D eigenvalue weighted by Crippen LogP contribution is 2.31. The fraction of sp³-hybridized carbons (Fsp3) is 0.286. The third-order valence-corrected chi connectivity index (χ3v) is 4.83. The highest BCUT2D eigenvalue weighted by molar-refractivity contribution is 5.92. The molecule has 144 valence electrons. The molecule has 0 spiro atoms. The number of rotatable bonds is 5. The minimum absolute atomic E-state index is 0.0806. The van der Waals surface area contributed by atoms with Gasteiger partial charge in [0.1, 0.15) is 5.82 Å². The van der Waals surface area contributed by atoms with Gasteiger partial charge in [-0.3, -0.25) is 9.69 Å². The van der Waals surface area contributed by atoms with Crippen molar-refractivity contribution < 1.29 is 13.7 Å². The van der Waals surface area contributed by atoms with Gasteiger partial charge in [-0.1, -0.05) is 41.9 Å². The summed E-state index contributed by atoms with van der Waals surface area (Å²) >= 11 is 0. The lowest BCUT2D eigenvalue weighted by Crippen LogP contribution is -2.39. The van der Waals surface area contributed by atoms with Crippen LogP contribution in [0.1, 0.15) is 31.2 Å². The Hall–Kier alpha value is -3.06.